The molecule has 1 unspecified atom stereocenters. The molecule has 1 N–H and O–H groups in total. The Hall–Kier alpha value is -1.15. The average Bonchev–Trinajstić information content (AvgIpc) is 2.30. The van der Waals surface area contributed by atoms with Gasteiger partial charge in [0.25, 0.3) is 0 Å². The van der Waals surface area contributed by atoms with Crippen LogP contribution in [0.4, 0.5) is 0 Å². The molecule has 1 aliphatic rings. The van der Waals surface area contributed by atoms with Crippen LogP contribution in [-0.2, 0) is 11.2 Å². The molecule has 86 valence electrons. The Balaban J connectivity index is 2.11. The minimum atomic E-state index is 0.235. The third-order valence-corrected chi connectivity index (χ3v) is 3.17. The summed E-state index contributed by atoms with van der Waals surface area (Å²) in [6.07, 6.45) is 3.08. The van der Waals surface area contributed by atoms with Gasteiger partial charge in [-0.15, -0.1) is 0 Å². The topological polar surface area (TPSA) is 29.1 Å². The molecule has 2 nitrogen and oxygen atoms in total. The van der Waals surface area contributed by atoms with Crippen LogP contribution in [0.2, 0.25) is 0 Å². The molecule has 1 saturated heterocycles. The number of hydrogen-bond acceptors (Lipinski definition) is 2. The summed E-state index contributed by atoms with van der Waals surface area (Å²) in [4.78, 5) is 11.1. The van der Waals surface area contributed by atoms with E-state index in [4.69, 9.17) is 0 Å². The van der Waals surface area contributed by atoms with Crippen molar-refractivity contribution in [2.24, 2.45) is 0 Å². The summed E-state index contributed by atoms with van der Waals surface area (Å²) in [5.74, 6) is 0.861. The molecule has 1 fully saturated rings. The van der Waals surface area contributed by atoms with Gasteiger partial charge in [0, 0.05) is 13.0 Å². The van der Waals surface area contributed by atoms with Crippen LogP contribution in [0.1, 0.15) is 36.8 Å². The monoisotopic (exact) mass is 217 g/mol. The van der Waals surface area contributed by atoms with Gasteiger partial charge in [-0.05, 0) is 43.4 Å². The summed E-state index contributed by atoms with van der Waals surface area (Å²) in [7, 11) is 0. The molecule has 16 heavy (non-hydrogen) atoms. The van der Waals surface area contributed by atoms with Crippen LogP contribution in [0.5, 0.6) is 0 Å². The fourth-order valence-corrected chi connectivity index (χ4v) is 2.38. The van der Waals surface area contributed by atoms with E-state index in [1.165, 1.54) is 18.4 Å². The van der Waals surface area contributed by atoms with Crippen LogP contribution in [0.25, 0.3) is 0 Å². The zero-order valence-electron chi connectivity index (χ0n) is 9.83. The first-order chi connectivity index (χ1) is 7.75. The maximum absolute atomic E-state index is 11.1. The summed E-state index contributed by atoms with van der Waals surface area (Å²) in [6, 6.07) is 8.49. The Bertz CT molecular complexity index is 367. The summed E-state index contributed by atoms with van der Waals surface area (Å²) < 4.78 is 0. The maximum Gasteiger partial charge on any atom is 0.134 e. The molecule has 0 radical (unpaired) electrons. The smallest absolute Gasteiger partial charge is 0.134 e. The van der Waals surface area contributed by atoms with Crippen molar-refractivity contribution >= 4 is 5.78 Å². The van der Waals surface area contributed by atoms with Crippen molar-refractivity contribution in [2.45, 2.75) is 32.1 Å². The predicted molar refractivity (Wildman–Crippen MR) is 65.7 cm³/mol. The van der Waals surface area contributed by atoms with Gasteiger partial charge in [0.2, 0.25) is 0 Å². The van der Waals surface area contributed by atoms with Gasteiger partial charge in [0.05, 0.1) is 0 Å². The van der Waals surface area contributed by atoms with E-state index in [0.717, 1.165) is 18.7 Å². The third-order valence-electron chi connectivity index (χ3n) is 3.17. The molecule has 0 spiro atoms. The second kappa shape index (κ2) is 5.26. The Labute approximate surface area is 97.1 Å². The quantitative estimate of drug-likeness (QED) is 0.841. The van der Waals surface area contributed by atoms with Crippen LogP contribution in [-0.4, -0.2) is 18.9 Å². The minimum Gasteiger partial charge on any atom is -0.316 e. The van der Waals surface area contributed by atoms with Crippen LogP contribution >= 0.6 is 0 Å². The number of ketones is 1. The lowest BCUT2D eigenvalue weighted by Gasteiger charge is -2.23. The van der Waals surface area contributed by atoms with Crippen LogP contribution in [0, 0.1) is 0 Å². The standard InChI is InChI=1S/C14H19NO/c1-11(16)8-12-4-2-5-13(9-12)14-6-3-7-15-10-14/h2,4-5,9,14-15H,3,6-8,10H2,1H3. The number of nitrogens with one attached hydrogen (secondary N) is 1. The molecule has 1 aromatic rings. The van der Waals surface area contributed by atoms with E-state index in [9.17, 15) is 4.79 Å². The summed E-state index contributed by atoms with van der Waals surface area (Å²) in [6.45, 7) is 3.86. The average molecular weight is 217 g/mol. The van der Waals surface area contributed by atoms with E-state index >= 15 is 0 Å². The van der Waals surface area contributed by atoms with Crippen molar-refractivity contribution in [1.82, 2.24) is 5.32 Å². The molecule has 0 bridgehead atoms. The molecule has 2 heteroatoms. The van der Waals surface area contributed by atoms with Crippen LogP contribution in [0.3, 0.4) is 0 Å². The molecule has 2 rings (SSSR count). The van der Waals surface area contributed by atoms with E-state index in [-0.39, 0.29) is 5.78 Å². The molecule has 0 amide bonds. The van der Waals surface area contributed by atoms with E-state index in [0.29, 0.717) is 12.3 Å². The largest absolute Gasteiger partial charge is 0.316 e. The Morgan fingerprint density at radius 2 is 2.38 bits per heavy atom. The highest BCUT2D eigenvalue weighted by molar-refractivity contribution is 5.78. The summed E-state index contributed by atoms with van der Waals surface area (Å²) >= 11 is 0. The first-order valence-corrected chi connectivity index (χ1v) is 6.04. The van der Waals surface area contributed by atoms with E-state index in [1.807, 2.05) is 6.07 Å². The number of piperidine rings is 1. The van der Waals surface area contributed by atoms with Gasteiger partial charge in [0.1, 0.15) is 5.78 Å². The van der Waals surface area contributed by atoms with Gasteiger partial charge >= 0.3 is 0 Å². The second-order valence-electron chi connectivity index (χ2n) is 4.67. The zero-order chi connectivity index (χ0) is 11.4. The number of Topliss-reactive ketones (excluding diaryl/α,β-unsaturated/α-hetero) is 1. The van der Waals surface area contributed by atoms with Gasteiger partial charge in [-0.1, -0.05) is 24.3 Å². The van der Waals surface area contributed by atoms with E-state index in [2.05, 4.69) is 23.5 Å². The van der Waals surface area contributed by atoms with E-state index < -0.39 is 0 Å². The van der Waals surface area contributed by atoms with Gasteiger partial charge < -0.3 is 5.32 Å². The highest BCUT2D eigenvalue weighted by Gasteiger charge is 2.15. The Kier molecular flexibility index (Phi) is 3.73. The molecular formula is C14H19NO. The SMILES string of the molecule is CC(=O)Cc1cccc(C2CCCNC2)c1. The molecule has 0 saturated carbocycles. The van der Waals surface area contributed by atoms with Crippen molar-refractivity contribution in [3.05, 3.63) is 35.4 Å². The van der Waals surface area contributed by atoms with Gasteiger partial charge in [0.15, 0.2) is 0 Å². The van der Waals surface area contributed by atoms with Crippen molar-refractivity contribution < 1.29 is 4.79 Å². The van der Waals surface area contributed by atoms with Crippen molar-refractivity contribution in [2.75, 3.05) is 13.1 Å². The number of benzene rings is 1. The number of carbonyl (C=O) groups is 1. The molecular weight excluding hydrogens is 198 g/mol. The lowest BCUT2D eigenvalue weighted by atomic mass is 9.90. The van der Waals surface area contributed by atoms with Crippen molar-refractivity contribution in [3.63, 3.8) is 0 Å². The summed E-state index contributed by atoms with van der Waals surface area (Å²) in [5, 5.41) is 3.43. The Morgan fingerprint density at radius 3 is 3.06 bits per heavy atom. The third kappa shape index (κ3) is 2.92. The fraction of sp³-hybridized carbons (Fsp3) is 0.500. The highest BCUT2D eigenvalue weighted by Crippen LogP contribution is 2.23. The van der Waals surface area contributed by atoms with Gasteiger partial charge in [-0.3, -0.25) is 4.79 Å². The molecule has 1 atom stereocenters. The fourth-order valence-electron chi connectivity index (χ4n) is 2.38. The number of hydrogen-bond donors (Lipinski definition) is 1. The minimum absolute atomic E-state index is 0.235. The molecule has 0 aromatic heterocycles. The van der Waals surface area contributed by atoms with Crippen LogP contribution < -0.4 is 5.32 Å². The second-order valence-corrected chi connectivity index (χ2v) is 4.67. The van der Waals surface area contributed by atoms with Crippen LogP contribution in [0.15, 0.2) is 24.3 Å². The lowest BCUT2D eigenvalue weighted by Crippen LogP contribution is -2.28. The molecule has 1 aromatic carbocycles. The number of rotatable bonds is 3. The van der Waals surface area contributed by atoms with Crippen molar-refractivity contribution in [1.29, 1.82) is 0 Å². The zero-order valence-corrected chi connectivity index (χ0v) is 9.83. The first-order valence-electron chi connectivity index (χ1n) is 6.04. The summed E-state index contributed by atoms with van der Waals surface area (Å²) in [5.41, 5.74) is 2.53. The maximum atomic E-state index is 11.1. The molecule has 0 aliphatic carbocycles. The van der Waals surface area contributed by atoms with E-state index in [1.54, 1.807) is 6.92 Å². The van der Waals surface area contributed by atoms with Gasteiger partial charge in [-0.2, -0.15) is 0 Å². The normalized spacial score (nSPS) is 20.7. The predicted octanol–water partition coefficient (Wildman–Crippen LogP) is 2.29. The first kappa shape index (κ1) is 11.3. The van der Waals surface area contributed by atoms with Gasteiger partial charge in [-0.25, -0.2) is 0 Å². The Morgan fingerprint density at radius 1 is 1.50 bits per heavy atom. The molecule has 1 heterocycles. The lowest BCUT2D eigenvalue weighted by molar-refractivity contribution is -0.116. The van der Waals surface area contributed by atoms with Crippen molar-refractivity contribution in [3.8, 4) is 0 Å². The molecule has 1 aliphatic heterocycles. The highest BCUT2D eigenvalue weighted by atomic mass is 16.1. The number of carbonyl (C=O) groups excluding carboxylic acids is 1.